The molecule has 0 aromatic heterocycles. The Kier molecular flexibility index (Phi) is 9.25. The van der Waals surface area contributed by atoms with E-state index in [1.807, 2.05) is 12.1 Å². The Bertz CT molecular complexity index is 603. The Labute approximate surface area is 179 Å². The fourth-order valence-electron chi connectivity index (χ4n) is 3.55. The molecule has 0 spiro atoms. The number of hydrogen-bond acceptors (Lipinski definition) is 3. The average molecular weight is 490 g/mol. The van der Waals surface area contributed by atoms with Crippen molar-refractivity contribution < 1.29 is 9.13 Å². The van der Waals surface area contributed by atoms with Gasteiger partial charge in [-0.3, -0.25) is 9.89 Å². The first-order chi connectivity index (χ1) is 12.7. The lowest BCUT2D eigenvalue weighted by atomic mass is 9.95. The van der Waals surface area contributed by atoms with Gasteiger partial charge in [0.15, 0.2) is 5.96 Å². The van der Waals surface area contributed by atoms with Crippen molar-refractivity contribution in [1.82, 2.24) is 15.5 Å². The molecule has 152 valence electrons. The minimum Gasteiger partial charge on any atom is -0.379 e. The summed E-state index contributed by atoms with van der Waals surface area (Å²) in [5.41, 5.74) is 0.757. The van der Waals surface area contributed by atoms with Gasteiger partial charge in [0.1, 0.15) is 5.82 Å². The molecular weight excluding hydrogens is 458 g/mol. The molecule has 7 heteroatoms. The Hall–Kier alpha value is -0.930. The summed E-state index contributed by atoms with van der Waals surface area (Å²) in [7, 11) is 1.78. The Morgan fingerprint density at radius 2 is 1.93 bits per heavy atom. The van der Waals surface area contributed by atoms with E-state index < -0.39 is 0 Å². The van der Waals surface area contributed by atoms with Gasteiger partial charge in [-0.15, -0.1) is 24.0 Å². The molecule has 1 aromatic carbocycles. The van der Waals surface area contributed by atoms with E-state index >= 15 is 0 Å². The number of rotatable bonds is 8. The van der Waals surface area contributed by atoms with E-state index in [0.717, 1.165) is 76.7 Å². The van der Waals surface area contributed by atoms with Crippen LogP contribution in [0.2, 0.25) is 0 Å². The minimum atomic E-state index is -0.0992. The molecule has 0 amide bonds. The molecule has 2 N–H and O–H groups in total. The molecule has 1 aliphatic carbocycles. The molecular formula is C20H32FIN4O. The summed E-state index contributed by atoms with van der Waals surface area (Å²) in [6, 6.07) is 7.13. The van der Waals surface area contributed by atoms with E-state index in [4.69, 9.17) is 4.74 Å². The monoisotopic (exact) mass is 490 g/mol. The van der Waals surface area contributed by atoms with Crippen LogP contribution in [-0.4, -0.2) is 63.8 Å². The van der Waals surface area contributed by atoms with Gasteiger partial charge in [0.2, 0.25) is 0 Å². The molecule has 3 rings (SSSR count). The molecule has 1 heterocycles. The standard InChI is InChI=1S/C20H31FN4O.HI/c1-22-19(23-10-4-5-11-25-12-14-26-15-13-25)24-16-20(8-9-20)17-6-2-3-7-18(17)21;/h2-3,6-7H,4-5,8-16H2,1H3,(H2,22,23,24);1H. The Balaban J connectivity index is 0.00000261. The van der Waals surface area contributed by atoms with Crippen LogP contribution in [0.15, 0.2) is 29.3 Å². The van der Waals surface area contributed by atoms with Gasteiger partial charge < -0.3 is 15.4 Å². The Morgan fingerprint density at radius 3 is 2.59 bits per heavy atom. The van der Waals surface area contributed by atoms with Crippen molar-refractivity contribution >= 4 is 29.9 Å². The van der Waals surface area contributed by atoms with Crippen LogP contribution < -0.4 is 10.6 Å². The highest BCUT2D eigenvalue weighted by molar-refractivity contribution is 14.0. The van der Waals surface area contributed by atoms with E-state index in [0.29, 0.717) is 0 Å². The maximum Gasteiger partial charge on any atom is 0.191 e. The molecule has 5 nitrogen and oxygen atoms in total. The summed E-state index contributed by atoms with van der Waals surface area (Å²) >= 11 is 0. The molecule has 1 saturated carbocycles. The number of aliphatic imine (C=N–C) groups is 1. The lowest BCUT2D eigenvalue weighted by Gasteiger charge is -2.26. The lowest BCUT2D eigenvalue weighted by Crippen LogP contribution is -2.42. The van der Waals surface area contributed by atoms with E-state index in [-0.39, 0.29) is 35.2 Å². The van der Waals surface area contributed by atoms with Crippen LogP contribution in [0.4, 0.5) is 4.39 Å². The van der Waals surface area contributed by atoms with Gasteiger partial charge in [-0.1, -0.05) is 18.2 Å². The normalized spacial score (nSPS) is 19.3. The summed E-state index contributed by atoms with van der Waals surface area (Å²) in [6.45, 7) is 6.58. The zero-order valence-corrected chi connectivity index (χ0v) is 18.5. The van der Waals surface area contributed by atoms with Crippen molar-refractivity contribution in [3.63, 3.8) is 0 Å². The topological polar surface area (TPSA) is 48.9 Å². The Morgan fingerprint density at radius 1 is 1.19 bits per heavy atom. The quantitative estimate of drug-likeness (QED) is 0.255. The van der Waals surface area contributed by atoms with Crippen LogP contribution in [0.25, 0.3) is 0 Å². The maximum atomic E-state index is 14.1. The number of nitrogens with zero attached hydrogens (tertiary/aromatic N) is 2. The van der Waals surface area contributed by atoms with Crippen LogP contribution in [0.1, 0.15) is 31.2 Å². The van der Waals surface area contributed by atoms with Crippen molar-refractivity contribution in [3.05, 3.63) is 35.6 Å². The fourth-order valence-corrected chi connectivity index (χ4v) is 3.55. The van der Waals surface area contributed by atoms with Gasteiger partial charge in [-0.25, -0.2) is 4.39 Å². The lowest BCUT2D eigenvalue weighted by molar-refractivity contribution is 0.0372. The molecule has 0 bridgehead atoms. The number of halogens is 2. The second kappa shape index (κ2) is 11.2. The van der Waals surface area contributed by atoms with Gasteiger partial charge in [-0.2, -0.15) is 0 Å². The van der Waals surface area contributed by atoms with Crippen LogP contribution >= 0.6 is 24.0 Å². The van der Waals surface area contributed by atoms with Crippen molar-refractivity contribution in [2.24, 2.45) is 4.99 Å². The summed E-state index contributed by atoms with van der Waals surface area (Å²) in [5.74, 6) is 0.705. The number of hydrogen-bond donors (Lipinski definition) is 2. The van der Waals surface area contributed by atoms with E-state index in [2.05, 4.69) is 20.5 Å². The fraction of sp³-hybridized carbons (Fsp3) is 0.650. The van der Waals surface area contributed by atoms with Gasteiger partial charge in [-0.05, 0) is 43.9 Å². The zero-order valence-electron chi connectivity index (χ0n) is 16.2. The molecule has 0 radical (unpaired) electrons. The second-order valence-corrected chi connectivity index (χ2v) is 7.27. The first-order valence-corrected chi connectivity index (χ1v) is 9.73. The SMILES string of the molecule is CN=C(NCCCCN1CCOCC1)NCC1(c2ccccc2F)CC1.I. The highest BCUT2D eigenvalue weighted by Crippen LogP contribution is 2.48. The van der Waals surface area contributed by atoms with Crippen LogP contribution in [-0.2, 0) is 10.2 Å². The molecule has 1 saturated heterocycles. The number of guanidine groups is 1. The van der Waals surface area contributed by atoms with Crippen molar-refractivity contribution in [1.29, 1.82) is 0 Å². The van der Waals surface area contributed by atoms with Gasteiger partial charge in [0.05, 0.1) is 13.2 Å². The number of nitrogens with one attached hydrogen (secondary N) is 2. The second-order valence-electron chi connectivity index (χ2n) is 7.27. The first-order valence-electron chi connectivity index (χ1n) is 9.73. The van der Waals surface area contributed by atoms with Crippen molar-refractivity contribution in [2.75, 3.05) is 53.0 Å². The van der Waals surface area contributed by atoms with Gasteiger partial charge >= 0.3 is 0 Å². The van der Waals surface area contributed by atoms with Gasteiger partial charge in [0, 0.05) is 38.6 Å². The molecule has 1 aliphatic heterocycles. The van der Waals surface area contributed by atoms with E-state index in [1.165, 1.54) is 6.42 Å². The highest BCUT2D eigenvalue weighted by Gasteiger charge is 2.45. The number of benzene rings is 1. The van der Waals surface area contributed by atoms with Crippen molar-refractivity contribution in [2.45, 2.75) is 31.1 Å². The molecule has 2 fully saturated rings. The van der Waals surface area contributed by atoms with Crippen LogP contribution in [0.3, 0.4) is 0 Å². The summed E-state index contributed by atoms with van der Waals surface area (Å²) < 4.78 is 19.5. The third kappa shape index (κ3) is 6.57. The van der Waals surface area contributed by atoms with Crippen LogP contribution in [0.5, 0.6) is 0 Å². The predicted molar refractivity (Wildman–Crippen MR) is 119 cm³/mol. The molecule has 1 aromatic rings. The zero-order chi connectivity index (χ0) is 18.2. The smallest absolute Gasteiger partial charge is 0.191 e. The number of unbranched alkanes of at least 4 members (excludes halogenated alkanes) is 1. The summed E-state index contributed by atoms with van der Waals surface area (Å²) in [4.78, 5) is 6.76. The maximum absolute atomic E-state index is 14.1. The minimum absolute atomic E-state index is 0. The molecule has 27 heavy (non-hydrogen) atoms. The van der Waals surface area contributed by atoms with Crippen LogP contribution in [0, 0.1) is 5.82 Å². The third-order valence-corrected chi connectivity index (χ3v) is 5.41. The van der Waals surface area contributed by atoms with Gasteiger partial charge in [0.25, 0.3) is 0 Å². The first kappa shape index (κ1) is 22.4. The summed E-state index contributed by atoms with van der Waals surface area (Å²) in [6.07, 6.45) is 4.33. The average Bonchev–Trinajstić information content (AvgIpc) is 3.46. The molecule has 0 unspecified atom stereocenters. The van der Waals surface area contributed by atoms with E-state index in [9.17, 15) is 4.39 Å². The predicted octanol–water partition coefficient (Wildman–Crippen LogP) is 2.75. The largest absolute Gasteiger partial charge is 0.379 e. The molecule has 2 aliphatic rings. The van der Waals surface area contributed by atoms with Crippen molar-refractivity contribution in [3.8, 4) is 0 Å². The molecule has 0 atom stereocenters. The summed E-state index contributed by atoms with van der Waals surface area (Å²) in [5, 5.41) is 6.76. The van der Waals surface area contributed by atoms with E-state index in [1.54, 1.807) is 19.2 Å². The number of morpholine rings is 1. The third-order valence-electron chi connectivity index (χ3n) is 5.41. The number of ether oxygens (including phenoxy) is 1. The highest BCUT2D eigenvalue weighted by atomic mass is 127.